The fourth-order valence-corrected chi connectivity index (χ4v) is 3.90. The third kappa shape index (κ3) is 5.98. The Morgan fingerprint density at radius 2 is 1.93 bits per heavy atom. The Kier molecular flexibility index (Phi) is 7.70. The van der Waals surface area contributed by atoms with E-state index in [1.165, 1.54) is 13.5 Å². The van der Waals surface area contributed by atoms with Gasteiger partial charge in [0.05, 0.1) is 7.11 Å². The highest BCUT2D eigenvalue weighted by Gasteiger charge is 2.23. The van der Waals surface area contributed by atoms with E-state index in [2.05, 4.69) is 20.9 Å². The van der Waals surface area contributed by atoms with Gasteiger partial charge in [0.1, 0.15) is 6.04 Å². The third-order valence-electron chi connectivity index (χ3n) is 5.50. The molecule has 0 bridgehead atoms. The molecule has 0 saturated heterocycles. The predicted molar refractivity (Wildman–Crippen MR) is 114 cm³/mol. The lowest BCUT2D eigenvalue weighted by Gasteiger charge is -2.22. The van der Waals surface area contributed by atoms with Gasteiger partial charge in [0.25, 0.3) is 0 Å². The first-order chi connectivity index (χ1) is 14.6. The number of esters is 1. The molecular formula is C22H30N4O4. The van der Waals surface area contributed by atoms with Gasteiger partial charge in [-0.15, -0.1) is 0 Å². The molecule has 1 atom stereocenters. The fraction of sp³-hybridized carbons (Fsp3) is 0.500. The van der Waals surface area contributed by atoms with Crippen LogP contribution in [0, 0.1) is 0 Å². The Balaban J connectivity index is 1.47. The number of carbonyl (C=O) groups excluding carboxylic acids is 3. The smallest absolute Gasteiger partial charge is 0.328 e. The predicted octanol–water partition coefficient (Wildman–Crippen LogP) is 2.39. The largest absolute Gasteiger partial charge is 0.467 e. The second-order valence-electron chi connectivity index (χ2n) is 7.69. The van der Waals surface area contributed by atoms with Gasteiger partial charge in [-0.1, -0.05) is 37.5 Å². The van der Waals surface area contributed by atoms with E-state index < -0.39 is 12.0 Å². The molecule has 3 amide bonds. The van der Waals surface area contributed by atoms with E-state index in [1.807, 2.05) is 30.5 Å². The van der Waals surface area contributed by atoms with Crippen LogP contribution in [0.3, 0.4) is 0 Å². The highest BCUT2D eigenvalue weighted by Crippen LogP contribution is 2.19. The number of methoxy groups -OCH3 is 1. The highest BCUT2D eigenvalue weighted by atomic mass is 16.5. The topological polar surface area (TPSA) is 112 Å². The summed E-state index contributed by atoms with van der Waals surface area (Å²) in [7, 11) is 1.30. The van der Waals surface area contributed by atoms with Crippen LogP contribution in [0.15, 0.2) is 30.5 Å². The number of rotatable bonds is 8. The van der Waals surface area contributed by atoms with E-state index in [0.29, 0.717) is 6.42 Å². The maximum absolute atomic E-state index is 12.3. The summed E-state index contributed by atoms with van der Waals surface area (Å²) in [6.45, 7) is 0.200. The van der Waals surface area contributed by atoms with E-state index >= 15 is 0 Å². The summed E-state index contributed by atoms with van der Waals surface area (Å²) >= 11 is 0. The summed E-state index contributed by atoms with van der Waals surface area (Å²) in [6.07, 6.45) is 7.74. The summed E-state index contributed by atoms with van der Waals surface area (Å²) in [5.74, 6) is -0.820. The average Bonchev–Trinajstić information content (AvgIpc) is 3.16. The minimum atomic E-state index is -0.794. The van der Waals surface area contributed by atoms with Crippen molar-refractivity contribution in [1.82, 2.24) is 20.9 Å². The van der Waals surface area contributed by atoms with Crippen LogP contribution >= 0.6 is 0 Å². The number of aromatic nitrogens is 1. The number of amides is 3. The van der Waals surface area contributed by atoms with Gasteiger partial charge in [-0.05, 0) is 24.5 Å². The second kappa shape index (κ2) is 10.7. The van der Waals surface area contributed by atoms with Crippen LogP contribution in [0.2, 0.25) is 0 Å². The summed E-state index contributed by atoms with van der Waals surface area (Å²) in [5.41, 5.74) is 1.89. The first-order valence-corrected chi connectivity index (χ1v) is 10.5. The van der Waals surface area contributed by atoms with Crippen molar-refractivity contribution in [2.45, 2.75) is 57.0 Å². The standard InChI is InChI=1S/C22H30N4O4/c1-30-21(28)19(13-15-14-24-18-10-6-5-9-17(15)18)26-20(27)11-12-23-22(29)25-16-7-3-2-4-8-16/h5-6,9-10,14,16,19,24H,2-4,7-8,11-13H2,1H3,(H,26,27)(H2,23,25,29)/t19-/m0/s1. The Hall–Kier alpha value is -3.03. The number of aromatic amines is 1. The normalized spacial score (nSPS) is 15.4. The molecule has 2 aromatic rings. The summed E-state index contributed by atoms with van der Waals surface area (Å²) in [5, 5.41) is 9.39. The number of H-pyrrole nitrogens is 1. The van der Waals surface area contributed by atoms with E-state index in [9.17, 15) is 14.4 Å². The van der Waals surface area contributed by atoms with Gasteiger partial charge in [-0.2, -0.15) is 0 Å². The van der Waals surface area contributed by atoms with E-state index in [1.54, 1.807) is 0 Å². The average molecular weight is 415 g/mol. The number of ether oxygens (including phenoxy) is 1. The van der Waals surface area contributed by atoms with Crippen LogP contribution in [-0.4, -0.2) is 48.6 Å². The van der Waals surface area contributed by atoms with Crippen molar-refractivity contribution < 1.29 is 19.1 Å². The molecule has 1 saturated carbocycles. The SMILES string of the molecule is COC(=O)[C@H](Cc1c[nH]c2ccccc12)NC(=O)CCNC(=O)NC1CCCCC1. The molecule has 30 heavy (non-hydrogen) atoms. The van der Waals surface area contributed by atoms with Gasteiger partial charge < -0.3 is 25.7 Å². The van der Waals surface area contributed by atoms with Gasteiger partial charge in [0.15, 0.2) is 0 Å². The van der Waals surface area contributed by atoms with Gasteiger partial charge in [-0.3, -0.25) is 4.79 Å². The summed E-state index contributed by atoms with van der Waals surface area (Å²) in [6, 6.07) is 6.94. The van der Waals surface area contributed by atoms with Crippen LogP contribution in [-0.2, 0) is 20.7 Å². The number of fused-ring (bicyclic) bond motifs is 1. The molecule has 1 aliphatic rings. The molecular weight excluding hydrogens is 384 g/mol. The Morgan fingerprint density at radius 3 is 2.70 bits per heavy atom. The van der Waals surface area contributed by atoms with Gasteiger partial charge in [-0.25, -0.2) is 9.59 Å². The first-order valence-electron chi connectivity index (χ1n) is 10.5. The monoisotopic (exact) mass is 414 g/mol. The number of para-hydroxylation sites is 1. The molecule has 1 aromatic heterocycles. The molecule has 0 radical (unpaired) electrons. The van der Waals surface area contributed by atoms with E-state index in [4.69, 9.17) is 4.74 Å². The van der Waals surface area contributed by atoms with E-state index in [0.717, 1.165) is 42.1 Å². The lowest BCUT2D eigenvalue weighted by molar-refractivity contribution is -0.145. The van der Waals surface area contributed by atoms with E-state index in [-0.39, 0.29) is 30.9 Å². The maximum Gasteiger partial charge on any atom is 0.328 e. The zero-order valence-electron chi connectivity index (χ0n) is 17.3. The molecule has 0 spiro atoms. The number of benzene rings is 1. The van der Waals surface area contributed by atoms with Crippen molar-refractivity contribution in [3.8, 4) is 0 Å². The summed E-state index contributed by atoms with van der Waals surface area (Å²) in [4.78, 5) is 39.7. The minimum Gasteiger partial charge on any atom is -0.467 e. The first kappa shape index (κ1) is 21.7. The van der Waals surface area contributed by atoms with Gasteiger partial charge in [0.2, 0.25) is 5.91 Å². The maximum atomic E-state index is 12.3. The van der Waals surface area contributed by atoms with Crippen molar-refractivity contribution in [1.29, 1.82) is 0 Å². The van der Waals surface area contributed by atoms with Gasteiger partial charge in [0, 0.05) is 42.5 Å². The number of hydrogen-bond donors (Lipinski definition) is 4. The highest BCUT2D eigenvalue weighted by molar-refractivity contribution is 5.87. The molecule has 8 nitrogen and oxygen atoms in total. The van der Waals surface area contributed by atoms with Crippen LogP contribution < -0.4 is 16.0 Å². The van der Waals surface area contributed by atoms with Crippen LogP contribution in [0.25, 0.3) is 10.9 Å². The van der Waals surface area contributed by atoms with Crippen molar-refractivity contribution in [3.05, 3.63) is 36.0 Å². The molecule has 1 aromatic carbocycles. The number of nitrogens with one attached hydrogen (secondary N) is 4. The Labute approximate surface area is 176 Å². The molecule has 0 aliphatic heterocycles. The molecule has 0 unspecified atom stereocenters. The van der Waals surface area contributed by atoms with Crippen molar-refractivity contribution in [2.24, 2.45) is 0 Å². The number of carbonyl (C=O) groups is 3. The Morgan fingerprint density at radius 1 is 1.17 bits per heavy atom. The molecule has 3 rings (SSSR count). The van der Waals surface area contributed by atoms with Gasteiger partial charge >= 0.3 is 12.0 Å². The fourth-order valence-electron chi connectivity index (χ4n) is 3.90. The number of hydrogen-bond acceptors (Lipinski definition) is 4. The molecule has 162 valence electrons. The zero-order chi connectivity index (χ0) is 21.3. The Bertz CT molecular complexity index is 873. The molecule has 8 heteroatoms. The van der Waals surface area contributed by atoms with Crippen LogP contribution in [0.5, 0.6) is 0 Å². The lowest BCUT2D eigenvalue weighted by Crippen LogP contribution is -2.46. The van der Waals surface area contributed by atoms with Crippen molar-refractivity contribution in [2.75, 3.05) is 13.7 Å². The third-order valence-corrected chi connectivity index (χ3v) is 5.50. The van der Waals surface area contributed by atoms with Crippen LogP contribution in [0.4, 0.5) is 4.79 Å². The molecule has 1 fully saturated rings. The molecule has 1 aliphatic carbocycles. The molecule has 4 N–H and O–H groups in total. The quantitative estimate of drug-likeness (QED) is 0.497. The van der Waals surface area contributed by atoms with Crippen molar-refractivity contribution >= 4 is 28.8 Å². The summed E-state index contributed by atoms with van der Waals surface area (Å²) < 4.78 is 4.86. The lowest BCUT2D eigenvalue weighted by atomic mass is 9.96. The van der Waals surface area contributed by atoms with Crippen LogP contribution in [0.1, 0.15) is 44.1 Å². The zero-order valence-corrected chi connectivity index (χ0v) is 17.3. The second-order valence-corrected chi connectivity index (χ2v) is 7.69. The molecule has 1 heterocycles. The van der Waals surface area contributed by atoms with Crippen molar-refractivity contribution in [3.63, 3.8) is 0 Å². The minimum absolute atomic E-state index is 0.0828. The number of urea groups is 1.